The lowest BCUT2D eigenvalue weighted by Crippen LogP contribution is -2.28. The van der Waals surface area contributed by atoms with E-state index < -0.39 is 0 Å². The number of nitrogens with one attached hydrogen (secondary N) is 1. The normalized spacial score (nSPS) is 22.9. The van der Waals surface area contributed by atoms with E-state index in [4.69, 9.17) is 5.73 Å². The average molecular weight is 218 g/mol. The SMILES string of the molecule is CC1CC1NC(=O)Cc1ccc(CN)cc1. The molecule has 0 spiro atoms. The molecule has 0 aromatic heterocycles. The lowest BCUT2D eigenvalue weighted by atomic mass is 10.1. The Kier molecular flexibility index (Phi) is 3.25. The third kappa shape index (κ3) is 2.83. The van der Waals surface area contributed by atoms with Crippen molar-refractivity contribution in [2.45, 2.75) is 32.4 Å². The van der Waals surface area contributed by atoms with Crippen LogP contribution in [0, 0.1) is 5.92 Å². The van der Waals surface area contributed by atoms with Gasteiger partial charge in [-0.3, -0.25) is 4.79 Å². The summed E-state index contributed by atoms with van der Waals surface area (Å²) in [6.07, 6.45) is 1.59. The maximum absolute atomic E-state index is 11.6. The molecule has 16 heavy (non-hydrogen) atoms. The molecule has 2 atom stereocenters. The molecule has 1 aliphatic rings. The minimum absolute atomic E-state index is 0.120. The van der Waals surface area contributed by atoms with Gasteiger partial charge in [0.2, 0.25) is 5.91 Å². The van der Waals surface area contributed by atoms with Gasteiger partial charge in [0, 0.05) is 12.6 Å². The van der Waals surface area contributed by atoms with Crippen LogP contribution in [0.1, 0.15) is 24.5 Å². The zero-order chi connectivity index (χ0) is 11.5. The van der Waals surface area contributed by atoms with Crippen LogP contribution in [0.25, 0.3) is 0 Å². The van der Waals surface area contributed by atoms with E-state index in [1.54, 1.807) is 0 Å². The molecular weight excluding hydrogens is 200 g/mol. The highest BCUT2D eigenvalue weighted by Gasteiger charge is 2.33. The third-order valence-electron chi connectivity index (χ3n) is 3.08. The first-order valence-electron chi connectivity index (χ1n) is 5.76. The van der Waals surface area contributed by atoms with E-state index in [2.05, 4.69) is 12.2 Å². The van der Waals surface area contributed by atoms with Crippen molar-refractivity contribution in [1.82, 2.24) is 5.32 Å². The third-order valence-corrected chi connectivity index (χ3v) is 3.08. The van der Waals surface area contributed by atoms with Crippen molar-refractivity contribution in [2.24, 2.45) is 11.7 Å². The Morgan fingerprint density at radius 1 is 1.38 bits per heavy atom. The van der Waals surface area contributed by atoms with E-state index in [1.807, 2.05) is 24.3 Å². The summed E-state index contributed by atoms with van der Waals surface area (Å²) < 4.78 is 0. The highest BCUT2D eigenvalue weighted by atomic mass is 16.1. The van der Waals surface area contributed by atoms with Crippen LogP contribution < -0.4 is 11.1 Å². The van der Waals surface area contributed by atoms with Gasteiger partial charge in [-0.25, -0.2) is 0 Å². The van der Waals surface area contributed by atoms with Gasteiger partial charge in [0.25, 0.3) is 0 Å². The molecule has 2 rings (SSSR count). The maximum Gasteiger partial charge on any atom is 0.224 e. The van der Waals surface area contributed by atoms with E-state index in [-0.39, 0.29) is 5.91 Å². The lowest BCUT2D eigenvalue weighted by molar-refractivity contribution is -0.120. The lowest BCUT2D eigenvalue weighted by Gasteiger charge is -2.04. The number of carbonyl (C=O) groups is 1. The van der Waals surface area contributed by atoms with Crippen LogP contribution in [0.2, 0.25) is 0 Å². The molecule has 0 heterocycles. The van der Waals surface area contributed by atoms with Crippen molar-refractivity contribution in [1.29, 1.82) is 0 Å². The van der Waals surface area contributed by atoms with Gasteiger partial charge in [0.15, 0.2) is 0 Å². The van der Waals surface area contributed by atoms with Gasteiger partial charge in [-0.2, -0.15) is 0 Å². The summed E-state index contributed by atoms with van der Waals surface area (Å²) in [5.74, 6) is 0.776. The van der Waals surface area contributed by atoms with Crippen molar-refractivity contribution >= 4 is 5.91 Å². The summed E-state index contributed by atoms with van der Waals surface area (Å²) in [6.45, 7) is 2.70. The smallest absolute Gasteiger partial charge is 0.224 e. The first-order chi connectivity index (χ1) is 7.69. The standard InChI is InChI=1S/C13H18N2O/c1-9-6-12(9)15-13(16)7-10-2-4-11(8-14)5-3-10/h2-5,9,12H,6-8,14H2,1H3,(H,15,16). The van der Waals surface area contributed by atoms with E-state index in [1.165, 1.54) is 0 Å². The number of benzene rings is 1. The highest BCUT2D eigenvalue weighted by molar-refractivity contribution is 5.79. The molecule has 3 nitrogen and oxygen atoms in total. The van der Waals surface area contributed by atoms with E-state index in [0.717, 1.165) is 17.5 Å². The molecule has 1 amide bonds. The van der Waals surface area contributed by atoms with Crippen LogP contribution in [-0.2, 0) is 17.8 Å². The van der Waals surface area contributed by atoms with Crippen molar-refractivity contribution in [3.05, 3.63) is 35.4 Å². The summed E-state index contributed by atoms with van der Waals surface area (Å²) in [5.41, 5.74) is 7.65. The maximum atomic E-state index is 11.6. The molecule has 0 radical (unpaired) electrons. The Hall–Kier alpha value is -1.35. The molecular formula is C13H18N2O. The van der Waals surface area contributed by atoms with Gasteiger partial charge in [-0.1, -0.05) is 31.2 Å². The molecule has 1 aromatic carbocycles. The number of rotatable bonds is 4. The van der Waals surface area contributed by atoms with E-state index >= 15 is 0 Å². The Balaban J connectivity index is 1.85. The van der Waals surface area contributed by atoms with Crippen LogP contribution in [0.5, 0.6) is 0 Å². The van der Waals surface area contributed by atoms with Crippen molar-refractivity contribution in [3.63, 3.8) is 0 Å². The summed E-state index contributed by atoms with van der Waals surface area (Å²) in [5, 5.41) is 3.02. The zero-order valence-corrected chi connectivity index (χ0v) is 9.57. The van der Waals surface area contributed by atoms with Gasteiger partial charge >= 0.3 is 0 Å². The van der Waals surface area contributed by atoms with Gasteiger partial charge in [0.1, 0.15) is 0 Å². The summed E-state index contributed by atoms with van der Waals surface area (Å²) in [4.78, 5) is 11.6. The Morgan fingerprint density at radius 2 is 1.94 bits per heavy atom. The monoisotopic (exact) mass is 218 g/mol. The highest BCUT2D eigenvalue weighted by Crippen LogP contribution is 2.28. The topological polar surface area (TPSA) is 55.1 Å². The van der Waals surface area contributed by atoms with E-state index in [9.17, 15) is 4.79 Å². The first-order valence-corrected chi connectivity index (χ1v) is 5.76. The minimum Gasteiger partial charge on any atom is -0.353 e. The van der Waals surface area contributed by atoms with Crippen molar-refractivity contribution in [2.75, 3.05) is 0 Å². The molecule has 1 saturated carbocycles. The van der Waals surface area contributed by atoms with Gasteiger partial charge < -0.3 is 11.1 Å². The summed E-state index contributed by atoms with van der Waals surface area (Å²) >= 11 is 0. The zero-order valence-electron chi connectivity index (χ0n) is 9.57. The fourth-order valence-electron chi connectivity index (χ4n) is 1.76. The fourth-order valence-corrected chi connectivity index (χ4v) is 1.76. The van der Waals surface area contributed by atoms with Gasteiger partial charge in [-0.15, -0.1) is 0 Å². The second-order valence-corrected chi connectivity index (χ2v) is 4.58. The van der Waals surface area contributed by atoms with E-state index in [0.29, 0.717) is 24.9 Å². The van der Waals surface area contributed by atoms with Crippen molar-refractivity contribution in [3.8, 4) is 0 Å². The van der Waals surface area contributed by atoms with Crippen LogP contribution in [0.4, 0.5) is 0 Å². The molecule has 1 aliphatic carbocycles. The first kappa shape index (κ1) is 11.1. The van der Waals surface area contributed by atoms with Crippen LogP contribution in [0.3, 0.4) is 0 Å². The number of hydrogen-bond donors (Lipinski definition) is 2. The average Bonchev–Trinajstić information content (AvgIpc) is 2.95. The van der Waals surface area contributed by atoms with Gasteiger partial charge in [-0.05, 0) is 23.5 Å². The van der Waals surface area contributed by atoms with Gasteiger partial charge in [0.05, 0.1) is 6.42 Å². The van der Waals surface area contributed by atoms with Crippen LogP contribution >= 0.6 is 0 Å². The molecule has 86 valence electrons. The van der Waals surface area contributed by atoms with Crippen LogP contribution in [-0.4, -0.2) is 11.9 Å². The number of hydrogen-bond acceptors (Lipinski definition) is 2. The molecule has 0 bridgehead atoms. The molecule has 2 unspecified atom stereocenters. The molecule has 0 saturated heterocycles. The molecule has 1 fully saturated rings. The molecule has 3 N–H and O–H groups in total. The predicted molar refractivity (Wildman–Crippen MR) is 63.7 cm³/mol. The number of carbonyl (C=O) groups excluding carboxylic acids is 1. The fraction of sp³-hybridized carbons (Fsp3) is 0.462. The minimum atomic E-state index is 0.120. The summed E-state index contributed by atoms with van der Waals surface area (Å²) in [7, 11) is 0. The molecule has 0 aliphatic heterocycles. The Morgan fingerprint density at radius 3 is 2.44 bits per heavy atom. The largest absolute Gasteiger partial charge is 0.353 e. The second-order valence-electron chi connectivity index (χ2n) is 4.58. The van der Waals surface area contributed by atoms with Crippen molar-refractivity contribution < 1.29 is 4.79 Å². The quantitative estimate of drug-likeness (QED) is 0.798. The Bertz CT molecular complexity index is 372. The predicted octanol–water partition coefficient (Wildman–Crippen LogP) is 1.21. The molecule has 3 heteroatoms. The Labute approximate surface area is 96.0 Å². The molecule has 1 aromatic rings. The second kappa shape index (κ2) is 4.66. The summed E-state index contributed by atoms with van der Waals surface area (Å²) in [6, 6.07) is 8.30. The van der Waals surface area contributed by atoms with Crippen LogP contribution in [0.15, 0.2) is 24.3 Å². The number of nitrogens with two attached hydrogens (primary N) is 1. The number of amides is 1.